The van der Waals surface area contributed by atoms with Crippen molar-refractivity contribution < 1.29 is 21.9 Å². The molecule has 0 aromatic heterocycles. The third kappa shape index (κ3) is 127. The fraction of sp³-hybridized carbons (Fsp3) is 1.00. The van der Waals surface area contributed by atoms with Crippen LogP contribution in [0.4, 0.5) is 0 Å². The van der Waals surface area contributed by atoms with Crippen molar-refractivity contribution in [3.63, 3.8) is 0 Å². The van der Waals surface area contributed by atoms with E-state index in [1.807, 2.05) is 90.0 Å². The SMILES string of the molecule is CC.CC(C)(C)C.CC(C)C.CC1CCC2(CCCC2)CC1.CCC.CCCC.[2H]C(C)(C)C.[2H]C([2H])(C)C(C)(C)C.[2H]C([2H])(C)C(C)C.[2H]C([2H])(C)C1CCCC1.[2H]C([2H])(C)C1CCCCC1.[2H]C([2H])(C)CC.[2H]C([2H])([2H])C(C)(C)C.[2H]C1(C)CCCC1.[2H]C1(C)CCCCC1. The highest BCUT2D eigenvalue weighted by atomic mass is 14.4. The van der Waals surface area contributed by atoms with E-state index in [1.165, 1.54) is 109 Å². The maximum atomic E-state index is 7.63. The second-order valence-electron chi connectivity index (χ2n) is 29.3. The zero-order valence-electron chi connectivity index (χ0n) is 79.6. The Balaban J connectivity index is -0.000000124. The first-order valence-corrected chi connectivity index (χ1v) is 35.0. The van der Waals surface area contributed by atoms with Gasteiger partial charge in [-0.2, -0.15) is 0 Å². The predicted molar refractivity (Wildman–Crippen MR) is 392 cm³/mol. The van der Waals surface area contributed by atoms with Crippen LogP contribution in [-0.4, -0.2) is 0 Å². The van der Waals surface area contributed by atoms with Gasteiger partial charge in [0.25, 0.3) is 0 Å². The molecule has 0 radical (unpaired) electrons. The molecule has 0 heterocycles. The molecule has 0 saturated heterocycles. The van der Waals surface area contributed by atoms with Crippen LogP contribution in [0.2, 0.25) is 0 Å². The number of hydrogen-bond donors (Lipinski definition) is 0. The van der Waals surface area contributed by atoms with Crippen LogP contribution in [0.25, 0.3) is 0 Å². The smallest absolute Gasteiger partial charge is 0.0300 e. The van der Waals surface area contributed by atoms with Gasteiger partial charge in [-0.15, -0.1) is 0 Å². The first-order chi connectivity index (χ1) is 43.0. The van der Waals surface area contributed by atoms with Crippen LogP contribution >= 0.6 is 0 Å². The van der Waals surface area contributed by atoms with E-state index in [0.29, 0.717) is 23.7 Å². The highest BCUT2D eigenvalue weighted by molar-refractivity contribution is 4.88. The monoisotopic (exact) mass is 1170 g/mol. The van der Waals surface area contributed by atoms with Crippen LogP contribution in [0, 0.1) is 68.9 Å². The van der Waals surface area contributed by atoms with Crippen LogP contribution in [0.15, 0.2) is 0 Å². The molecule has 0 N–H and O–H groups in total. The van der Waals surface area contributed by atoms with Crippen molar-refractivity contribution in [2.75, 3.05) is 0 Å². The first-order valence-electron chi connectivity index (χ1n) is 43.0. The standard InChI is InChI=1S/C11H20.C8H16.2C7H14.C6H12.C6H14.3C5H12.4C4H10.C3H8.C2H6/c1-10-4-8-11(9-5-10)6-2-3-7-11;1-2-8-6-4-3-5-7-8;1-7-5-3-2-4-6-7;1-2-7-5-3-4-6-7;1-6-4-2-3-5-6;1-5-6(2,3)4;2*1-5(2,3)4;1-4-5(2)3;2*1-4(2)3;2*1-3-4-2;1-3-2;1-2/h10H,2-9H2,1H3;8H,2-7H2,1H3;2*7H,2-6H2,1H3;6H,2-5H2,1H3;5H2,1-4H3;2*1-4H3;5H,4H2,1-3H3;2*4H,1-3H3;2*3-4H2,1-2H3;3H2,1-2H3;1-2H3/i;2D2;7D;2D2;6D;5D2;1D3;;4D2;4D;;3D2;;;. The Morgan fingerprint density at radius 1 is 0.444 bits per heavy atom. The third-order valence-corrected chi connectivity index (χ3v) is 13.1. The van der Waals surface area contributed by atoms with Gasteiger partial charge in [0, 0.05) is 21.9 Å². The summed E-state index contributed by atoms with van der Waals surface area (Å²) in [6.45, 7) is 62.7. The number of unbranched alkanes of at least 4 members (excludes halogenated alkanes) is 1. The molecule has 1 spiro atoms. The van der Waals surface area contributed by atoms with E-state index < -0.39 is 44.1 Å². The van der Waals surface area contributed by atoms with Crippen LogP contribution in [0.3, 0.4) is 0 Å². The van der Waals surface area contributed by atoms with Crippen LogP contribution in [0.1, 0.15) is 482 Å². The lowest BCUT2D eigenvalue weighted by Gasteiger charge is -2.36. The van der Waals surface area contributed by atoms with E-state index in [0.717, 1.165) is 68.6 Å². The molecule has 0 aromatic rings. The van der Waals surface area contributed by atoms with Crippen molar-refractivity contribution in [2.45, 2.75) is 460 Å². The minimum atomic E-state index is -1.81. The molecule has 504 valence electrons. The summed E-state index contributed by atoms with van der Waals surface area (Å²) in [5.41, 5.74) is 0.562. The summed E-state index contributed by atoms with van der Waals surface area (Å²) in [4.78, 5) is 0. The number of hydrogen-bond acceptors (Lipinski definition) is 0. The van der Waals surface area contributed by atoms with E-state index in [-0.39, 0.29) is 29.0 Å². The summed E-state index contributed by atoms with van der Waals surface area (Å²) < 4.78 is 115. The molecule has 6 aliphatic carbocycles. The van der Waals surface area contributed by atoms with E-state index in [2.05, 4.69) is 83.1 Å². The Labute approximate surface area is 548 Å². The molecule has 0 unspecified atom stereocenters. The second-order valence-corrected chi connectivity index (χ2v) is 29.3. The summed E-state index contributed by atoms with van der Waals surface area (Å²) in [5, 5.41) is 0. The summed E-state index contributed by atoms with van der Waals surface area (Å²) in [7, 11) is 0. The lowest BCUT2D eigenvalue weighted by Crippen LogP contribution is -2.23. The lowest BCUT2D eigenvalue weighted by atomic mass is 9.70. The molecule has 0 heteroatoms. The average molecular weight is 1170 g/mol. The maximum absolute atomic E-state index is 7.63. The van der Waals surface area contributed by atoms with Gasteiger partial charge in [0.2, 0.25) is 0 Å². The van der Waals surface area contributed by atoms with Gasteiger partial charge in [0.1, 0.15) is 0 Å². The Bertz CT molecular complexity index is 1540. The van der Waals surface area contributed by atoms with Crippen LogP contribution in [-0.2, 0) is 0 Å². The van der Waals surface area contributed by atoms with Crippen LogP contribution in [0.5, 0.6) is 0 Å². The predicted octanol–water partition coefficient (Wildman–Crippen LogP) is 32.1. The normalized spacial score (nSPS) is 22.5. The van der Waals surface area contributed by atoms with Gasteiger partial charge in [-0.1, -0.05) is 434 Å². The van der Waals surface area contributed by atoms with Crippen molar-refractivity contribution >= 4 is 0 Å². The molecule has 0 bridgehead atoms. The molecule has 0 atom stereocenters. The topological polar surface area (TPSA) is 0 Å². The molecule has 6 aliphatic rings. The van der Waals surface area contributed by atoms with Gasteiger partial charge in [0.15, 0.2) is 0 Å². The molecule has 6 rings (SSSR count). The van der Waals surface area contributed by atoms with Gasteiger partial charge < -0.3 is 0 Å². The molecule has 6 saturated carbocycles. The van der Waals surface area contributed by atoms with Gasteiger partial charge in [-0.05, 0) is 94.6 Å². The highest BCUT2D eigenvalue weighted by Gasteiger charge is 2.36. The second kappa shape index (κ2) is 72.5. The fourth-order valence-electron chi connectivity index (χ4n) is 7.74. The largest absolute Gasteiger partial charge is 0.0683 e. The van der Waals surface area contributed by atoms with Gasteiger partial charge in [0.05, 0.1) is 0 Å². The molecule has 0 amide bonds. The van der Waals surface area contributed by atoms with Gasteiger partial charge in [-0.3, -0.25) is 0 Å². The Hall–Kier alpha value is 0. The van der Waals surface area contributed by atoms with Gasteiger partial charge in [-0.25, -0.2) is 0 Å². The van der Waals surface area contributed by atoms with E-state index in [1.54, 1.807) is 81.1 Å². The zero-order valence-corrected chi connectivity index (χ0v) is 63.6. The maximum Gasteiger partial charge on any atom is 0.0300 e. The zero-order chi connectivity index (χ0) is 79.6. The van der Waals surface area contributed by atoms with E-state index in [4.69, 9.17) is 21.9 Å². The summed E-state index contributed by atoms with van der Waals surface area (Å²) in [6, 6.07) is 0. The highest BCUT2D eigenvalue weighted by Crippen LogP contribution is 2.50. The summed E-state index contributed by atoms with van der Waals surface area (Å²) in [6.07, 6.45) is 33.5. The molecular formula is C81H180. The molecule has 0 aromatic carbocycles. The Morgan fingerprint density at radius 3 is 0.815 bits per heavy atom. The quantitative estimate of drug-likeness (QED) is 0.257. The molecule has 0 aliphatic heterocycles. The van der Waals surface area contributed by atoms with Crippen molar-refractivity contribution in [3.8, 4) is 0 Å². The third-order valence-electron chi connectivity index (χ3n) is 13.1. The number of rotatable bonds is 5. The first kappa shape index (κ1) is 66.9. The fourth-order valence-corrected chi connectivity index (χ4v) is 7.74. The van der Waals surface area contributed by atoms with Crippen molar-refractivity contribution in [3.05, 3.63) is 0 Å². The van der Waals surface area contributed by atoms with E-state index in [9.17, 15) is 0 Å². The summed E-state index contributed by atoms with van der Waals surface area (Å²) >= 11 is 0. The van der Waals surface area contributed by atoms with Crippen LogP contribution < -0.4 is 0 Å². The average Bonchev–Trinajstić information content (AvgIpc) is 1.77. The molecule has 0 nitrogen and oxygen atoms in total. The molecule has 6 fully saturated rings. The van der Waals surface area contributed by atoms with Gasteiger partial charge >= 0.3 is 0 Å². The summed E-state index contributed by atoms with van der Waals surface area (Å²) in [5.74, 6) is 2.30. The van der Waals surface area contributed by atoms with Crippen molar-refractivity contribution in [1.29, 1.82) is 0 Å². The van der Waals surface area contributed by atoms with E-state index >= 15 is 0 Å². The van der Waals surface area contributed by atoms with Crippen molar-refractivity contribution in [1.82, 2.24) is 0 Å². The molecule has 81 heavy (non-hydrogen) atoms. The molecular weight excluding hydrogens is 973 g/mol. The minimum absolute atomic E-state index is 0.0556. The minimum Gasteiger partial charge on any atom is -0.0683 e. The lowest BCUT2D eigenvalue weighted by molar-refractivity contribution is 0.162. The Kier molecular flexibility index (Phi) is 59.9. The van der Waals surface area contributed by atoms with Crippen molar-refractivity contribution in [2.24, 2.45) is 68.9 Å². The Morgan fingerprint density at radius 2 is 0.667 bits per heavy atom.